The van der Waals surface area contributed by atoms with Gasteiger partial charge in [-0.3, -0.25) is 0 Å². The van der Waals surface area contributed by atoms with Crippen molar-refractivity contribution in [1.82, 2.24) is 0 Å². The molecule has 8 aromatic rings. The van der Waals surface area contributed by atoms with Gasteiger partial charge in [-0.2, -0.15) is 5.26 Å². The molecular weight excluding hydrogens is 490 g/mol. The fourth-order valence-corrected chi connectivity index (χ4v) is 5.95. The molecule has 3 heteroatoms. The number of para-hydroxylation sites is 3. The van der Waals surface area contributed by atoms with Crippen LogP contribution in [0.4, 0.5) is 0 Å². The summed E-state index contributed by atoms with van der Waals surface area (Å²) in [6.07, 6.45) is 0. The zero-order valence-corrected chi connectivity index (χ0v) is 21.4. The van der Waals surface area contributed by atoms with Crippen LogP contribution in [-0.4, -0.2) is 0 Å². The summed E-state index contributed by atoms with van der Waals surface area (Å²) in [7, 11) is 0. The molecule has 8 rings (SSSR count). The van der Waals surface area contributed by atoms with Crippen LogP contribution >= 0.6 is 0 Å². The normalized spacial score (nSPS) is 11.5. The van der Waals surface area contributed by atoms with Crippen molar-refractivity contribution in [2.24, 2.45) is 0 Å². The lowest BCUT2D eigenvalue weighted by Crippen LogP contribution is -1.93. The number of rotatable bonds is 3. The highest BCUT2D eigenvalue weighted by Gasteiger charge is 2.21. The summed E-state index contributed by atoms with van der Waals surface area (Å²) in [4.78, 5) is 0. The van der Waals surface area contributed by atoms with Crippen molar-refractivity contribution >= 4 is 43.9 Å². The zero-order chi connectivity index (χ0) is 26.6. The van der Waals surface area contributed by atoms with Crippen LogP contribution in [0.3, 0.4) is 0 Å². The van der Waals surface area contributed by atoms with Crippen molar-refractivity contribution in [2.75, 3.05) is 0 Å². The molecule has 0 spiro atoms. The summed E-state index contributed by atoms with van der Waals surface area (Å²) in [5, 5.41) is 14.8. The van der Waals surface area contributed by atoms with Gasteiger partial charge in [0.1, 0.15) is 28.4 Å². The molecule has 0 radical (unpaired) electrons. The molecule has 0 atom stereocenters. The zero-order valence-electron chi connectivity index (χ0n) is 21.4. The third kappa shape index (κ3) is 3.30. The third-order valence-electron chi connectivity index (χ3n) is 7.74. The predicted molar refractivity (Wildman–Crippen MR) is 162 cm³/mol. The average molecular weight is 512 g/mol. The SMILES string of the molecule is N#Cc1c(-c2ccccc2)cc(-c2cccc3c2oc2ccccc23)cc1-c1cccc2oc3ccccc3c12. The highest BCUT2D eigenvalue weighted by molar-refractivity contribution is 6.14. The van der Waals surface area contributed by atoms with Gasteiger partial charge < -0.3 is 8.83 Å². The maximum absolute atomic E-state index is 10.6. The molecule has 0 saturated carbocycles. The van der Waals surface area contributed by atoms with E-state index in [-0.39, 0.29) is 0 Å². The van der Waals surface area contributed by atoms with Crippen molar-refractivity contribution < 1.29 is 8.83 Å². The van der Waals surface area contributed by atoms with Crippen molar-refractivity contribution in [2.45, 2.75) is 0 Å². The minimum absolute atomic E-state index is 0.629. The number of nitrogens with zero attached hydrogens (tertiary/aromatic N) is 1. The highest BCUT2D eigenvalue weighted by atomic mass is 16.3. The Kier molecular flexibility index (Phi) is 4.89. The lowest BCUT2D eigenvalue weighted by molar-refractivity contribution is 0.669. The van der Waals surface area contributed by atoms with E-state index in [9.17, 15) is 5.26 Å². The second-order valence-electron chi connectivity index (χ2n) is 9.98. The Hall–Kier alpha value is -5.59. The van der Waals surface area contributed by atoms with E-state index in [2.05, 4.69) is 66.7 Å². The number of furan rings is 2. The quantitative estimate of drug-likeness (QED) is 0.237. The number of hydrogen-bond acceptors (Lipinski definition) is 3. The van der Waals surface area contributed by atoms with E-state index in [0.717, 1.165) is 77.3 Å². The van der Waals surface area contributed by atoms with Crippen LogP contribution in [-0.2, 0) is 0 Å². The smallest absolute Gasteiger partial charge is 0.143 e. The molecule has 0 saturated heterocycles. The molecule has 3 nitrogen and oxygen atoms in total. The summed E-state index contributed by atoms with van der Waals surface area (Å²) in [6, 6.07) is 45.4. The molecular formula is C37H21NO2. The Morgan fingerprint density at radius 2 is 1.07 bits per heavy atom. The highest BCUT2D eigenvalue weighted by Crippen LogP contribution is 2.44. The molecule has 186 valence electrons. The number of benzene rings is 6. The van der Waals surface area contributed by atoms with E-state index in [1.54, 1.807) is 0 Å². The van der Waals surface area contributed by atoms with Gasteiger partial charge in [0.15, 0.2) is 0 Å². The molecule has 0 aliphatic rings. The minimum atomic E-state index is 0.629. The summed E-state index contributed by atoms with van der Waals surface area (Å²) >= 11 is 0. The fraction of sp³-hybridized carbons (Fsp3) is 0. The standard InChI is InChI=1S/C37H21NO2/c38-22-32-30(23-10-2-1-3-11-23)20-24(25-14-8-16-28-26-12-4-6-17-33(26)40-37(25)28)21-31(32)27-15-9-19-35-36(27)29-13-5-7-18-34(29)39-35/h1-21H. The number of nitriles is 1. The maximum atomic E-state index is 10.6. The Labute approximate surface area is 230 Å². The first kappa shape index (κ1) is 22.4. The number of hydrogen-bond donors (Lipinski definition) is 0. The van der Waals surface area contributed by atoms with E-state index < -0.39 is 0 Å². The molecule has 2 aromatic heterocycles. The molecule has 0 aliphatic heterocycles. The topological polar surface area (TPSA) is 50.1 Å². The maximum Gasteiger partial charge on any atom is 0.143 e. The van der Waals surface area contributed by atoms with E-state index in [4.69, 9.17) is 8.83 Å². The van der Waals surface area contributed by atoms with Gasteiger partial charge in [-0.25, -0.2) is 0 Å². The van der Waals surface area contributed by atoms with Crippen LogP contribution in [0, 0.1) is 11.3 Å². The lowest BCUT2D eigenvalue weighted by Gasteiger charge is -2.15. The molecule has 0 bridgehead atoms. The second kappa shape index (κ2) is 8.73. The first-order valence-corrected chi connectivity index (χ1v) is 13.2. The van der Waals surface area contributed by atoms with Crippen LogP contribution in [0.25, 0.3) is 77.3 Å². The van der Waals surface area contributed by atoms with E-state index in [1.165, 1.54) is 0 Å². The van der Waals surface area contributed by atoms with Crippen molar-refractivity contribution in [3.8, 4) is 39.4 Å². The molecule has 0 fully saturated rings. The summed E-state index contributed by atoms with van der Waals surface area (Å²) in [5.41, 5.74) is 9.63. The Bertz CT molecular complexity index is 2280. The third-order valence-corrected chi connectivity index (χ3v) is 7.74. The van der Waals surface area contributed by atoms with Crippen molar-refractivity contribution in [1.29, 1.82) is 5.26 Å². The first-order valence-electron chi connectivity index (χ1n) is 13.2. The van der Waals surface area contributed by atoms with Gasteiger partial charge in [0.05, 0.1) is 5.56 Å². The largest absolute Gasteiger partial charge is 0.456 e. The summed E-state index contributed by atoms with van der Waals surface area (Å²) in [6.45, 7) is 0. The first-order chi connectivity index (χ1) is 19.8. The Morgan fingerprint density at radius 3 is 1.90 bits per heavy atom. The van der Waals surface area contributed by atoms with E-state index >= 15 is 0 Å². The van der Waals surface area contributed by atoms with Gasteiger partial charge in [-0.15, -0.1) is 0 Å². The molecule has 40 heavy (non-hydrogen) atoms. The molecule has 0 unspecified atom stereocenters. The van der Waals surface area contributed by atoms with Crippen molar-refractivity contribution in [3.63, 3.8) is 0 Å². The monoisotopic (exact) mass is 511 g/mol. The molecule has 6 aromatic carbocycles. The van der Waals surface area contributed by atoms with Gasteiger partial charge in [0.25, 0.3) is 0 Å². The molecule has 0 amide bonds. The van der Waals surface area contributed by atoms with E-state index in [0.29, 0.717) is 5.56 Å². The van der Waals surface area contributed by atoms with Crippen LogP contribution in [0.2, 0.25) is 0 Å². The van der Waals surface area contributed by atoms with Crippen LogP contribution in [0.1, 0.15) is 5.56 Å². The van der Waals surface area contributed by atoms with Gasteiger partial charge in [0, 0.05) is 38.2 Å². The van der Waals surface area contributed by atoms with Crippen molar-refractivity contribution in [3.05, 3.63) is 133 Å². The average Bonchev–Trinajstić information content (AvgIpc) is 3.59. The predicted octanol–water partition coefficient (Wildman–Crippen LogP) is 10.4. The number of fused-ring (bicyclic) bond motifs is 6. The van der Waals surface area contributed by atoms with Crippen LogP contribution in [0.5, 0.6) is 0 Å². The van der Waals surface area contributed by atoms with E-state index in [1.807, 2.05) is 66.7 Å². The second-order valence-corrected chi connectivity index (χ2v) is 9.98. The minimum Gasteiger partial charge on any atom is -0.456 e. The Morgan fingerprint density at radius 1 is 0.450 bits per heavy atom. The Balaban J connectivity index is 1.50. The van der Waals surface area contributed by atoms with Gasteiger partial charge in [-0.05, 0) is 47.0 Å². The molecule has 0 N–H and O–H groups in total. The molecule has 2 heterocycles. The summed E-state index contributed by atoms with van der Waals surface area (Å²) < 4.78 is 12.6. The van der Waals surface area contributed by atoms with Gasteiger partial charge in [-0.1, -0.05) is 97.1 Å². The lowest BCUT2D eigenvalue weighted by atomic mass is 9.87. The van der Waals surface area contributed by atoms with Gasteiger partial charge >= 0.3 is 0 Å². The molecule has 0 aliphatic carbocycles. The summed E-state index contributed by atoms with van der Waals surface area (Å²) in [5.74, 6) is 0. The van der Waals surface area contributed by atoms with Crippen LogP contribution < -0.4 is 0 Å². The van der Waals surface area contributed by atoms with Gasteiger partial charge in [0.2, 0.25) is 0 Å². The van der Waals surface area contributed by atoms with Crippen LogP contribution in [0.15, 0.2) is 136 Å². The fourth-order valence-electron chi connectivity index (χ4n) is 5.95.